The van der Waals surface area contributed by atoms with Gasteiger partial charge in [0.05, 0.1) is 17.0 Å². The highest BCUT2D eigenvalue weighted by atomic mass is 32.2. The number of H-pyrrole nitrogens is 1. The first-order valence-corrected chi connectivity index (χ1v) is 7.10. The van der Waals surface area contributed by atoms with Crippen LogP contribution in [-0.4, -0.2) is 26.7 Å². The molecule has 0 saturated carbocycles. The largest absolute Gasteiger partial charge is 0.411 e. The number of nitrogens with zero attached hydrogens (tertiary/aromatic N) is 2. The second kappa shape index (κ2) is 5.92. The Morgan fingerprint density at radius 2 is 2.10 bits per heavy atom. The first-order valence-electron chi connectivity index (χ1n) is 6.12. The number of thioether (sulfide) groups is 1. The number of ketones is 1. The van der Waals surface area contributed by atoms with Crippen molar-refractivity contribution in [2.45, 2.75) is 5.22 Å². The van der Waals surface area contributed by atoms with Crippen LogP contribution in [0.4, 0.5) is 4.39 Å². The lowest BCUT2D eigenvalue weighted by molar-refractivity contribution is 0.101. The zero-order chi connectivity index (χ0) is 14.7. The van der Waals surface area contributed by atoms with Gasteiger partial charge in [-0.1, -0.05) is 23.9 Å². The van der Waals surface area contributed by atoms with Gasteiger partial charge in [-0.3, -0.25) is 4.79 Å². The first kappa shape index (κ1) is 13.6. The van der Waals surface area contributed by atoms with Crippen molar-refractivity contribution in [1.82, 2.24) is 15.2 Å². The second-order valence-corrected chi connectivity index (χ2v) is 5.08. The van der Waals surface area contributed by atoms with E-state index in [2.05, 4.69) is 15.2 Å². The Balaban J connectivity index is 1.69. The zero-order valence-corrected chi connectivity index (χ0v) is 11.6. The van der Waals surface area contributed by atoms with Crippen LogP contribution in [0.2, 0.25) is 0 Å². The molecule has 0 saturated heterocycles. The number of hydrogen-bond donors (Lipinski definition) is 1. The summed E-state index contributed by atoms with van der Waals surface area (Å²) in [5.74, 6) is -0.238. The number of halogens is 1. The topological polar surface area (TPSA) is 71.8 Å². The number of carbonyl (C=O) groups excluding carboxylic acids is 1. The number of benzene rings is 1. The minimum absolute atomic E-state index is 0.0735. The summed E-state index contributed by atoms with van der Waals surface area (Å²) in [5.41, 5.74) is 0.767. The van der Waals surface area contributed by atoms with Crippen molar-refractivity contribution in [2.24, 2.45) is 0 Å². The van der Waals surface area contributed by atoms with E-state index in [0.29, 0.717) is 5.69 Å². The van der Waals surface area contributed by atoms with Gasteiger partial charge in [0.15, 0.2) is 5.78 Å². The molecule has 5 nitrogen and oxygen atoms in total. The van der Waals surface area contributed by atoms with Crippen molar-refractivity contribution in [1.29, 1.82) is 0 Å². The summed E-state index contributed by atoms with van der Waals surface area (Å²) in [6, 6.07) is 9.59. The summed E-state index contributed by atoms with van der Waals surface area (Å²) in [6.07, 6.45) is 1.68. The van der Waals surface area contributed by atoms with Crippen LogP contribution in [0.3, 0.4) is 0 Å². The van der Waals surface area contributed by atoms with Gasteiger partial charge in [0.2, 0.25) is 0 Å². The molecule has 2 heterocycles. The lowest BCUT2D eigenvalue weighted by atomic mass is 10.2. The third-order valence-corrected chi connectivity index (χ3v) is 3.55. The van der Waals surface area contributed by atoms with E-state index in [4.69, 9.17) is 4.42 Å². The van der Waals surface area contributed by atoms with E-state index in [0.717, 1.165) is 11.8 Å². The monoisotopic (exact) mass is 303 g/mol. The lowest BCUT2D eigenvalue weighted by Crippen LogP contribution is -2.02. The summed E-state index contributed by atoms with van der Waals surface area (Å²) in [6.45, 7) is 0. The van der Waals surface area contributed by atoms with Crippen molar-refractivity contribution >= 4 is 17.5 Å². The van der Waals surface area contributed by atoms with Gasteiger partial charge in [-0.15, -0.1) is 10.2 Å². The summed E-state index contributed by atoms with van der Waals surface area (Å²) in [5, 5.41) is 7.83. The molecule has 3 rings (SSSR count). The van der Waals surface area contributed by atoms with Gasteiger partial charge in [-0.05, 0) is 24.3 Å². The van der Waals surface area contributed by atoms with Gasteiger partial charge in [0, 0.05) is 6.20 Å². The minimum atomic E-state index is -0.430. The SMILES string of the molecule is O=C(CSc1nnc(-c2ccccc2F)o1)c1ccc[nH]1. The number of nitrogens with one attached hydrogen (secondary N) is 1. The standard InChI is InChI=1S/C14H10FN3O2S/c15-10-5-2-1-4-9(10)13-17-18-14(20-13)21-8-12(19)11-6-3-7-16-11/h1-7,16H,8H2. The molecule has 0 bridgehead atoms. The quantitative estimate of drug-likeness (QED) is 0.579. The predicted octanol–water partition coefficient (Wildman–Crippen LogP) is 3.18. The fourth-order valence-electron chi connectivity index (χ4n) is 1.72. The summed E-state index contributed by atoms with van der Waals surface area (Å²) >= 11 is 1.12. The number of hydrogen-bond acceptors (Lipinski definition) is 5. The Kier molecular flexibility index (Phi) is 3.83. The van der Waals surface area contributed by atoms with Crippen molar-refractivity contribution in [2.75, 3.05) is 5.75 Å². The van der Waals surface area contributed by atoms with E-state index >= 15 is 0 Å². The maximum atomic E-state index is 13.6. The molecule has 0 unspecified atom stereocenters. The normalized spacial score (nSPS) is 10.7. The lowest BCUT2D eigenvalue weighted by Gasteiger charge is -1.96. The van der Waals surface area contributed by atoms with E-state index in [1.54, 1.807) is 36.5 Å². The van der Waals surface area contributed by atoms with Crippen molar-refractivity contribution in [3.05, 3.63) is 54.1 Å². The van der Waals surface area contributed by atoms with Gasteiger partial charge < -0.3 is 9.40 Å². The molecule has 106 valence electrons. The van der Waals surface area contributed by atoms with Gasteiger partial charge in [0.1, 0.15) is 5.82 Å². The molecule has 3 aromatic rings. The third-order valence-electron chi connectivity index (χ3n) is 2.74. The predicted molar refractivity (Wildman–Crippen MR) is 75.5 cm³/mol. The van der Waals surface area contributed by atoms with Gasteiger partial charge >= 0.3 is 0 Å². The smallest absolute Gasteiger partial charge is 0.277 e. The van der Waals surface area contributed by atoms with Gasteiger partial charge in [-0.2, -0.15) is 0 Å². The molecule has 0 aliphatic heterocycles. The van der Waals surface area contributed by atoms with Crippen LogP contribution < -0.4 is 0 Å². The van der Waals surface area contributed by atoms with E-state index in [-0.39, 0.29) is 28.2 Å². The number of carbonyl (C=O) groups is 1. The molecule has 0 aliphatic rings. The molecule has 0 radical (unpaired) electrons. The van der Waals surface area contributed by atoms with Crippen LogP contribution in [0.25, 0.3) is 11.5 Å². The fraction of sp³-hybridized carbons (Fsp3) is 0.0714. The van der Waals surface area contributed by atoms with Crippen LogP contribution in [0, 0.1) is 5.82 Å². The van der Waals surface area contributed by atoms with Crippen LogP contribution in [0.1, 0.15) is 10.5 Å². The van der Waals surface area contributed by atoms with Crippen LogP contribution in [0.5, 0.6) is 0 Å². The van der Waals surface area contributed by atoms with Crippen molar-refractivity contribution in [3.63, 3.8) is 0 Å². The highest BCUT2D eigenvalue weighted by Gasteiger charge is 2.14. The van der Waals surface area contributed by atoms with E-state index in [1.807, 2.05) is 0 Å². The van der Waals surface area contributed by atoms with Crippen LogP contribution in [0.15, 0.2) is 52.2 Å². The van der Waals surface area contributed by atoms with E-state index in [1.165, 1.54) is 6.07 Å². The Labute approximate surface area is 123 Å². The molecule has 1 N–H and O–H groups in total. The zero-order valence-electron chi connectivity index (χ0n) is 10.7. The average molecular weight is 303 g/mol. The average Bonchev–Trinajstić information content (AvgIpc) is 3.17. The Hall–Kier alpha value is -2.41. The maximum Gasteiger partial charge on any atom is 0.277 e. The molecule has 0 aliphatic carbocycles. The highest BCUT2D eigenvalue weighted by molar-refractivity contribution is 7.99. The van der Waals surface area contributed by atoms with Gasteiger partial charge in [0.25, 0.3) is 11.1 Å². The Morgan fingerprint density at radius 3 is 2.86 bits per heavy atom. The van der Waals surface area contributed by atoms with E-state index in [9.17, 15) is 9.18 Å². The minimum Gasteiger partial charge on any atom is -0.411 e. The molecule has 7 heteroatoms. The third kappa shape index (κ3) is 3.03. The summed E-state index contributed by atoms with van der Waals surface area (Å²) in [4.78, 5) is 14.6. The Bertz CT molecular complexity index is 755. The van der Waals surface area contributed by atoms with E-state index < -0.39 is 5.82 Å². The molecular formula is C14H10FN3O2S. The van der Waals surface area contributed by atoms with Crippen LogP contribution >= 0.6 is 11.8 Å². The molecule has 0 atom stereocenters. The molecule has 1 aromatic carbocycles. The molecule has 0 spiro atoms. The molecule has 21 heavy (non-hydrogen) atoms. The Morgan fingerprint density at radius 1 is 1.24 bits per heavy atom. The first-order chi connectivity index (χ1) is 10.2. The summed E-state index contributed by atoms with van der Waals surface area (Å²) in [7, 11) is 0. The van der Waals surface area contributed by atoms with Crippen molar-refractivity contribution < 1.29 is 13.6 Å². The number of aromatic amines is 1. The number of aromatic nitrogens is 3. The number of Topliss-reactive ketones (excluding diaryl/α,β-unsaturated/α-hetero) is 1. The number of rotatable bonds is 5. The van der Waals surface area contributed by atoms with Gasteiger partial charge in [-0.25, -0.2) is 4.39 Å². The summed E-state index contributed by atoms with van der Waals surface area (Å²) < 4.78 is 18.9. The highest BCUT2D eigenvalue weighted by Crippen LogP contribution is 2.25. The molecular weight excluding hydrogens is 293 g/mol. The maximum absolute atomic E-state index is 13.6. The molecule has 2 aromatic heterocycles. The second-order valence-electron chi connectivity index (χ2n) is 4.15. The fourth-order valence-corrected chi connectivity index (χ4v) is 2.37. The molecule has 0 fully saturated rings. The molecule has 0 amide bonds. The van der Waals surface area contributed by atoms with Crippen LogP contribution in [-0.2, 0) is 0 Å². The van der Waals surface area contributed by atoms with Crippen molar-refractivity contribution in [3.8, 4) is 11.5 Å².